The number of rotatable bonds is 8. The number of carboxylic acids is 1. The average molecular weight is 361 g/mol. The maximum absolute atomic E-state index is 10.7. The first kappa shape index (κ1) is 23.3. The number of hydrogen-bond donors (Lipinski definition) is 0. The number of likely N-dealkylation sites (N-methyl/N-ethyl adjacent to an activating group) is 1. The Morgan fingerprint density at radius 1 is 1.07 bits per heavy atom. The number of hydrogen-bond acceptors (Lipinski definition) is 4. The third kappa shape index (κ3) is 7.80. The van der Waals surface area contributed by atoms with Crippen molar-refractivity contribution in [2.75, 3.05) is 20.1 Å². The van der Waals surface area contributed by atoms with Crippen molar-refractivity contribution in [2.45, 2.75) is 38.7 Å². The maximum Gasteiger partial charge on any atom is 1.00 e. The standard InChI is InChI=1S/C22H29NO3.Li/c1-22(2,3)18-10-12-19(13-11-18)26-20(17-8-6-5-7-9-17)14-15-23(4)16-21(24)25;/h5-13,20H,14-16H2,1-4H3,(H,24,25);/q;+1/p-1/t20-;/m1./s1. The molecule has 4 nitrogen and oxygen atoms in total. The summed E-state index contributed by atoms with van der Waals surface area (Å²) < 4.78 is 6.23. The molecular formula is C22H28LiNO3. The van der Waals surface area contributed by atoms with Crippen LogP contribution in [0.1, 0.15) is 44.4 Å². The second-order valence-corrected chi connectivity index (χ2v) is 7.69. The Balaban J connectivity index is 0.00000364. The molecule has 0 radical (unpaired) electrons. The molecule has 0 N–H and O–H groups in total. The van der Waals surface area contributed by atoms with Crippen molar-refractivity contribution < 1.29 is 33.5 Å². The number of carboxylic acid groups (broad SMARTS) is 1. The molecule has 0 unspecified atom stereocenters. The molecule has 0 amide bonds. The summed E-state index contributed by atoms with van der Waals surface area (Å²) in [5.74, 6) is -0.253. The molecule has 5 heteroatoms. The van der Waals surface area contributed by atoms with Gasteiger partial charge in [0.05, 0.1) is 5.97 Å². The van der Waals surface area contributed by atoms with Gasteiger partial charge in [0.1, 0.15) is 11.9 Å². The van der Waals surface area contributed by atoms with Crippen LogP contribution < -0.4 is 28.7 Å². The van der Waals surface area contributed by atoms with Gasteiger partial charge >= 0.3 is 18.9 Å². The molecule has 2 rings (SSSR count). The van der Waals surface area contributed by atoms with Gasteiger partial charge in [0.2, 0.25) is 0 Å². The molecule has 27 heavy (non-hydrogen) atoms. The van der Waals surface area contributed by atoms with E-state index in [0.29, 0.717) is 13.0 Å². The topological polar surface area (TPSA) is 52.6 Å². The van der Waals surface area contributed by atoms with Gasteiger partial charge in [-0.1, -0.05) is 63.2 Å². The largest absolute Gasteiger partial charge is 1.00 e. The zero-order chi connectivity index (χ0) is 19.2. The normalized spacial score (nSPS) is 12.3. The molecule has 0 saturated carbocycles. The van der Waals surface area contributed by atoms with Gasteiger partial charge in [-0.3, -0.25) is 0 Å². The number of carbonyl (C=O) groups is 1. The third-order valence-electron chi connectivity index (χ3n) is 4.34. The van der Waals surface area contributed by atoms with Crippen LogP contribution in [0.5, 0.6) is 5.75 Å². The summed E-state index contributed by atoms with van der Waals surface area (Å²) >= 11 is 0. The molecule has 0 spiro atoms. The van der Waals surface area contributed by atoms with Crippen LogP contribution in [0.25, 0.3) is 0 Å². The van der Waals surface area contributed by atoms with E-state index in [9.17, 15) is 9.90 Å². The molecule has 0 aliphatic rings. The van der Waals surface area contributed by atoms with E-state index in [1.54, 1.807) is 11.9 Å². The summed E-state index contributed by atoms with van der Waals surface area (Å²) in [7, 11) is 1.77. The van der Waals surface area contributed by atoms with Gasteiger partial charge in [-0.05, 0) is 35.7 Å². The zero-order valence-electron chi connectivity index (χ0n) is 17.1. The Morgan fingerprint density at radius 2 is 1.67 bits per heavy atom. The second kappa shape index (κ2) is 10.6. The van der Waals surface area contributed by atoms with E-state index < -0.39 is 5.97 Å². The van der Waals surface area contributed by atoms with Gasteiger partial charge in [0, 0.05) is 19.5 Å². The summed E-state index contributed by atoms with van der Waals surface area (Å²) in [5.41, 5.74) is 2.44. The van der Waals surface area contributed by atoms with Gasteiger partial charge in [0.15, 0.2) is 0 Å². The fourth-order valence-electron chi connectivity index (χ4n) is 2.80. The monoisotopic (exact) mass is 361 g/mol. The van der Waals surface area contributed by atoms with Crippen molar-refractivity contribution in [2.24, 2.45) is 0 Å². The van der Waals surface area contributed by atoms with Crippen LogP contribution in [0.2, 0.25) is 0 Å². The Bertz CT molecular complexity index is 696. The molecule has 2 aromatic carbocycles. The Kier molecular flexibility index (Phi) is 9.12. The van der Waals surface area contributed by atoms with Crippen LogP contribution in [0.15, 0.2) is 54.6 Å². The van der Waals surface area contributed by atoms with E-state index in [0.717, 1.165) is 11.3 Å². The predicted octanol–water partition coefficient (Wildman–Crippen LogP) is 0.180. The molecule has 0 bridgehead atoms. The molecule has 0 aliphatic heterocycles. The van der Waals surface area contributed by atoms with Gasteiger partial charge in [-0.25, -0.2) is 0 Å². The number of nitrogens with zero attached hydrogens (tertiary/aromatic N) is 1. The van der Waals surface area contributed by atoms with Crippen molar-refractivity contribution >= 4 is 5.97 Å². The van der Waals surface area contributed by atoms with Crippen LogP contribution >= 0.6 is 0 Å². The minimum Gasteiger partial charge on any atom is -0.549 e. The first-order valence-corrected chi connectivity index (χ1v) is 8.96. The summed E-state index contributed by atoms with van der Waals surface area (Å²) in [6.07, 6.45) is 0.551. The quantitative estimate of drug-likeness (QED) is 0.630. The van der Waals surface area contributed by atoms with Crippen LogP contribution in [0.3, 0.4) is 0 Å². The molecule has 0 saturated heterocycles. The average Bonchev–Trinajstić information content (AvgIpc) is 2.58. The SMILES string of the molecule is CN(CC[C@@H](Oc1ccc(C(C)(C)C)cc1)c1ccccc1)CC(=O)[O-].[Li+]. The second-order valence-electron chi connectivity index (χ2n) is 7.69. The number of benzene rings is 2. The van der Waals surface area contributed by atoms with Gasteiger partial charge in [-0.15, -0.1) is 0 Å². The molecule has 0 aromatic heterocycles. The Hall–Kier alpha value is -1.73. The third-order valence-corrected chi connectivity index (χ3v) is 4.34. The van der Waals surface area contributed by atoms with Crippen molar-refractivity contribution in [1.82, 2.24) is 4.90 Å². The first-order chi connectivity index (χ1) is 12.3. The fraction of sp³-hybridized carbons (Fsp3) is 0.409. The van der Waals surface area contributed by atoms with E-state index in [2.05, 4.69) is 32.9 Å². The Morgan fingerprint density at radius 3 is 2.19 bits per heavy atom. The smallest absolute Gasteiger partial charge is 0.549 e. The van der Waals surface area contributed by atoms with Crippen LogP contribution in [-0.2, 0) is 10.2 Å². The predicted molar refractivity (Wildman–Crippen MR) is 102 cm³/mol. The van der Waals surface area contributed by atoms with Crippen molar-refractivity contribution in [3.8, 4) is 5.75 Å². The molecule has 2 aromatic rings. The molecule has 0 fully saturated rings. The van der Waals surface area contributed by atoms with Crippen molar-refractivity contribution in [3.63, 3.8) is 0 Å². The van der Waals surface area contributed by atoms with Crippen LogP contribution in [0.4, 0.5) is 0 Å². The van der Waals surface area contributed by atoms with Gasteiger partial charge in [-0.2, -0.15) is 0 Å². The minimum absolute atomic E-state index is 0. The number of carbonyl (C=O) groups excluding carboxylic acids is 1. The molecule has 0 aliphatic carbocycles. The molecule has 0 heterocycles. The van der Waals surface area contributed by atoms with Gasteiger partial charge < -0.3 is 19.5 Å². The number of aliphatic carboxylic acids is 1. The van der Waals surface area contributed by atoms with Crippen molar-refractivity contribution in [3.05, 3.63) is 65.7 Å². The van der Waals surface area contributed by atoms with Gasteiger partial charge in [0.25, 0.3) is 0 Å². The molecular weight excluding hydrogens is 333 g/mol. The van der Waals surface area contributed by atoms with E-state index >= 15 is 0 Å². The summed E-state index contributed by atoms with van der Waals surface area (Å²) in [5, 5.41) is 10.7. The number of ether oxygens (including phenoxy) is 1. The molecule has 1 atom stereocenters. The van der Waals surface area contributed by atoms with E-state index in [1.807, 2.05) is 42.5 Å². The van der Waals surface area contributed by atoms with Crippen LogP contribution in [-0.4, -0.2) is 31.0 Å². The molecule has 140 valence electrons. The first-order valence-electron chi connectivity index (χ1n) is 8.96. The summed E-state index contributed by atoms with van der Waals surface area (Å²) in [6, 6.07) is 18.2. The zero-order valence-corrected chi connectivity index (χ0v) is 17.1. The van der Waals surface area contributed by atoms with E-state index in [4.69, 9.17) is 4.74 Å². The maximum atomic E-state index is 10.7. The fourth-order valence-corrected chi connectivity index (χ4v) is 2.80. The van der Waals surface area contributed by atoms with E-state index in [-0.39, 0.29) is 36.9 Å². The summed E-state index contributed by atoms with van der Waals surface area (Å²) in [4.78, 5) is 12.5. The van der Waals surface area contributed by atoms with E-state index in [1.165, 1.54) is 5.56 Å². The minimum atomic E-state index is -1.07. The summed E-state index contributed by atoms with van der Waals surface area (Å²) in [6.45, 7) is 7.07. The van der Waals surface area contributed by atoms with Crippen molar-refractivity contribution in [1.29, 1.82) is 0 Å². The van der Waals surface area contributed by atoms with Crippen LogP contribution in [0, 0.1) is 0 Å². The Labute approximate surface area is 174 Å².